The Morgan fingerprint density at radius 3 is 2.53 bits per heavy atom. The highest BCUT2D eigenvalue weighted by Crippen LogP contribution is 1.86. The summed E-state index contributed by atoms with van der Waals surface area (Å²) in [6.07, 6.45) is 1.42. The topological polar surface area (TPSA) is 50.7 Å². The molecule has 17 heavy (non-hydrogen) atoms. The van der Waals surface area contributed by atoms with E-state index in [9.17, 15) is 5.11 Å². The van der Waals surface area contributed by atoms with Crippen molar-refractivity contribution in [3.63, 3.8) is 0 Å². The van der Waals surface area contributed by atoms with E-state index >= 15 is 0 Å². The molecule has 0 heterocycles. The Labute approximate surface area is 105 Å². The first-order chi connectivity index (χ1) is 8.31. The second-order valence-electron chi connectivity index (χ2n) is 3.69. The second-order valence-corrected chi connectivity index (χ2v) is 3.69. The van der Waals surface area contributed by atoms with Gasteiger partial charge in [-0.05, 0) is 19.8 Å². The third kappa shape index (κ3) is 13.3. The molecule has 0 aliphatic heterocycles. The highest BCUT2D eigenvalue weighted by Gasteiger charge is 1.96. The standard InChI is InChI=1S/C13H25NO3/c1-3-6-13(15)12-14-7-11-17-10-5-9-16-8-4-2/h13-15H,4-5,7-12H2,1-2H3. The molecule has 0 spiro atoms. The van der Waals surface area contributed by atoms with E-state index < -0.39 is 6.10 Å². The van der Waals surface area contributed by atoms with Crippen molar-refractivity contribution in [3.05, 3.63) is 0 Å². The molecular weight excluding hydrogens is 218 g/mol. The molecule has 0 aromatic rings. The smallest absolute Gasteiger partial charge is 0.127 e. The van der Waals surface area contributed by atoms with E-state index in [1.54, 1.807) is 6.92 Å². The molecule has 0 saturated carbocycles. The summed E-state index contributed by atoms with van der Waals surface area (Å²) in [7, 11) is 0. The van der Waals surface area contributed by atoms with Crippen LogP contribution in [0.1, 0.15) is 26.7 Å². The third-order valence-electron chi connectivity index (χ3n) is 2.00. The molecule has 0 fully saturated rings. The quantitative estimate of drug-likeness (QED) is 0.416. The van der Waals surface area contributed by atoms with Crippen molar-refractivity contribution in [3.8, 4) is 11.8 Å². The van der Waals surface area contributed by atoms with Crippen molar-refractivity contribution in [2.24, 2.45) is 0 Å². The van der Waals surface area contributed by atoms with E-state index in [0.29, 0.717) is 13.2 Å². The molecule has 0 aromatic heterocycles. The van der Waals surface area contributed by atoms with Crippen LogP contribution in [0.5, 0.6) is 0 Å². The summed E-state index contributed by atoms with van der Waals surface area (Å²) in [5.41, 5.74) is 0. The molecule has 0 rings (SSSR count). The van der Waals surface area contributed by atoms with Crippen molar-refractivity contribution < 1.29 is 14.6 Å². The molecule has 1 atom stereocenters. The van der Waals surface area contributed by atoms with Crippen molar-refractivity contribution in [1.82, 2.24) is 5.32 Å². The second kappa shape index (κ2) is 13.5. The summed E-state index contributed by atoms with van der Waals surface area (Å²) in [6, 6.07) is 0. The summed E-state index contributed by atoms with van der Waals surface area (Å²) in [5.74, 6) is 5.33. The number of rotatable bonds is 11. The first-order valence-electron chi connectivity index (χ1n) is 6.27. The van der Waals surface area contributed by atoms with Crippen LogP contribution in [0.2, 0.25) is 0 Å². The third-order valence-corrected chi connectivity index (χ3v) is 2.00. The predicted octanol–water partition coefficient (Wildman–Crippen LogP) is 0.793. The van der Waals surface area contributed by atoms with Crippen molar-refractivity contribution >= 4 is 0 Å². The number of nitrogens with one attached hydrogen (secondary N) is 1. The Morgan fingerprint density at radius 2 is 1.88 bits per heavy atom. The van der Waals surface area contributed by atoms with Crippen LogP contribution in [0, 0.1) is 11.8 Å². The van der Waals surface area contributed by atoms with Crippen LogP contribution in [0.4, 0.5) is 0 Å². The van der Waals surface area contributed by atoms with Gasteiger partial charge in [0, 0.05) is 32.9 Å². The first kappa shape index (κ1) is 16.4. The average Bonchev–Trinajstić information content (AvgIpc) is 2.32. The molecule has 4 nitrogen and oxygen atoms in total. The van der Waals surface area contributed by atoms with E-state index in [1.165, 1.54) is 0 Å². The lowest BCUT2D eigenvalue weighted by molar-refractivity contribution is 0.0833. The van der Waals surface area contributed by atoms with Gasteiger partial charge in [-0.15, -0.1) is 5.92 Å². The van der Waals surface area contributed by atoms with Crippen LogP contribution < -0.4 is 5.32 Å². The fraction of sp³-hybridized carbons (Fsp3) is 0.846. The fourth-order valence-electron chi connectivity index (χ4n) is 1.21. The van der Waals surface area contributed by atoms with Crippen molar-refractivity contribution in [1.29, 1.82) is 0 Å². The number of aliphatic hydroxyl groups excluding tert-OH is 1. The molecule has 0 amide bonds. The van der Waals surface area contributed by atoms with Gasteiger partial charge >= 0.3 is 0 Å². The van der Waals surface area contributed by atoms with E-state index in [2.05, 4.69) is 24.1 Å². The lowest BCUT2D eigenvalue weighted by Crippen LogP contribution is -2.28. The van der Waals surface area contributed by atoms with E-state index in [4.69, 9.17) is 9.47 Å². The van der Waals surface area contributed by atoms with Gasteiger partial charge in [-0.25, -0.2) is 0 Å². The van der Waals surface area contributed by atoms with Crippen LogP contribution in [0.3, 0.4) is 0 Å². The first-order valence-corrected chi connectivity index (χ1v) is 6.27. The van der Waals surface area contributed by atoms with Gasteiger partial charge in [-0.3, -0.25) is 0 Å². The molecule has 0 radical (unpaired) electrons. The zero-order chi connectivity index (χ0) is 12.8. The molecule has 0 aromatic carbocycles. The summed E-state index contributed by atoms with van der Waals surface area (Å²) >= 11 is 0. The summed E-state index contributed by atoms with van der Waals surface area (Å²) in [6.45, 7) is 8.02. The van der Waals surface area contributed by atoms with Gasteiger partial charge in [0.05, 0.1) is 6.61 Å². The fourth-order valence-corrected chi connectivity index (χ4v) is 1.21. The van der Waals surface area contributed by atoms with Crippen LogP contribution in [-0.2, 0) is 9.47 Å². The number of hydrogen-bond donors (Lipinski definition) is 2. The van der Waals surface area contributed by atoms with Crippen LogP contribution in [0.25, 0.3) is 0 Å². The van der Waals surface area contributed by atoms with E-state index in [1.807, 2.05) is 0 Å². The number of hydrogen-bond acceptors (Lipinski definition) is 4. The molecule has 1 unspecified atom stereocenters. The molecule has 100 valence electrons. The predicted molar refractivity (Wildman–Crippen MR) is 68.9 cm³/mol. The van der Waals surface area contributed by atoms with Crippen molar-refractivity contribution in [2.75, 3.05) is 39.5 Å². The van der Waals surface area contributed by atoms with Gasteiger partial charge in [-0.1, -0.05) is 12.8 Å². The maximum absolute atomic E-state index is 9.28. The van der Waals surface area contributed by atoms with Crippen molar-refractivity contribution in [2.45, 2.75) is 32.8 Å². The molecule has 0 bridgehead atoms. The Bertz CT molecular complexity index is 210. The van der Waals surface area contributed by atoms with Gasteiger partial charge in [0.25, 0.3) is 0 Å². The van der Waals surface area contributed by atoms with Crippen LogP contribution in [-0.4, -0.2) is 50.7 Å². The normalized spacial score (nSPS) is 11.9. The Balaban J connectivity index is 3.05. The zero-order valence-electron chi connectivity index (χ0n) is 11.0. The van der Waals surface area contributed by atoms with Crippen LogP contribution >= 0.6 is 0 Å². The summed E-state index contributed by atoms with van der Waals surface area (Å²) < 4.78 is 10.7. The molecule has 0 aliphatic carbocycles. The SMILES string of the molecule is CC#CC(O)CNCCOCCCOCCC. The lowest BCUT2D eigenvalue weighted by atomic mass is 10.3. The minimum Gasteiger partial charge on any atom is -0.381 e. The zero-order valence-corrected chi connectivity index (χ0v) is 11.0. The van der Waals surface area contributed by atoms with Gasteiger partial charge in [0.2, 0.25) is 0 Å². The lowest BCUT2D eigenvalue weighted by Gasteiger charge is -2.07. The monoisotopic (exact) mass is 243 g/mol. The summed E-state index contributed by atoms with van der Waals surface area (Å²) in [5, 5.41) is 12.4. The van der Waals surface area contributed by atoms with E-state index in [-0.39, 0.29) is 0 Å². The highest BCUT2D eigenvalue weighted by atomic mass is 16.5. The van der Waals surface area contributed by atoms with Gasteiger partial charge in [0.15, 0.2) is 0 Å². The average molecular weight is 243 g/mol. The molecule has 4 heteroatoms. The highest BCUT2D eigenvalue weighted by molar-refractivity contribution is 5.02. The minimum absolute atomic E-state index is 0.490. The number of aliphatic hydroxyl groups is 1. The Morgan fingerprint density at radius 1 is 1.18 bits per heavy atom. The largest absolute Gasteiger partial charge is 0.381 e. The maximum Gasteiger partial charge on any atom is 0.127 e. The molecule has 0 saturated heterocycles. The molecule has 2 N–H and O–H groups in total. The van der Waals surface area contributed by atoms with Crippen LogP contribution in [0.15, 0.2) is 0 Å². The van der Waals surface area contributed by atoms with Gasteiger partial charge in [-0.2, -0.15) is 0 Å². The van der Waals surface area contributed by atoms with Gasteiger partial charge in [0.1, 0.15) is 6.10 Å². The van der Waals surface area contributed by atoms with E-state index in [0.717, 1.165) is 39.2 Å². The number of ether oxygens (including phenoxy) is 2. The minimum atomic E-state index is -0.581. The molecular formula is C13H25NO3. The Kier molecular flexibility index (Phi) is 13.0. The molecule has 0 aliphatic rings. The Hall–Kier alpha value is -0.600. The van der Waals surface area contributed by atoms with Gasteiger partial charge < -0.3 is 19.9 Å². The maximum atomic E-state index is 9.28. The summed E-state index contributed by atoms with van der Waals surface area (Å²) in [4.78, 5) is 0.